The van der Waals surface area contributed by atoms with Gasteiger partial charge in [-0.25, -0.2) is 4.98 Å². The first-order chi connectivity index (χ1) is 15.2. The van der Waals surface area contributed by atoms with Gasteiger partial charge in [-0.3, -0.25) is 14.7 Å². The van der Waals surface area contributed by atoms with Crippen LogP contribution in [0.25, 0.3) is 10.2 Å². The summed E-state index contributed by atoms with van der Waals surface area (Å²) < 4.78 is 17.7. The molecule has 0 aliphatic carbocycles. The number of thiazole rings is 1. The molecule has 156 valence electrons. The van der Waals surface area contributed by atoms with Crippen molar-refractivity contribution in [2.75, 3.05) is 25.2 Å². The number of hydrogen-bond acceptors (Lipinski definition) is 7. The summed E-state index contributed by atoms with van der Waals surface area (Å²) in [5.74, 6) is 1.69. The molecule has 0 bridgehead atoms. The number of amides is 1. The quantitative estimate of drug-likeness (QED) is 0.467. The van der Waals surface area contributed by atoms with Gasteiger partial charge < -0.3 is 14.2 Å². The van der Waals surface area contributed by atoms with Crippen molar-refractivity contribution in [1.29, 1.82) is 0 Å². The smallest absolute Gasteiger partial charge is 0.264 e. The number of aromatic nitrogens is 2. The zero-order valence-corrected chi connectivity index (χ0v) is 17.6. The number of methoxy groups -OCH3 is 1. The van der Waals surface area contributed by atoms with Gasteiger partial charge in [0.25, 0.3) is 5.91 Å². The molecule has 0 spiro atoms. The average molecular weight is 433 g/mol. The van der Waals surface area contributed by atoms with Crippen LogP contribution in [0.15, 0.2) is 60.9 Å². The van der Waals surface area contributed by atoms with Crippen LogP contribution < -0.4 is 19.1 Å². The molecule has 0 atom stereocenters. The molecule has 0 fully saturated rings. The molecule has 1 aliphatic heterocycles. The van der Waals surface area contributed by atoms with Crippen molar-refractivity contribution in [2.45, 2.75) is 6.54 Å². The maximum absolute atomic E-state index is 13.6. The summed E-state index contributed by atoms with van der Waals surface area (Å²) in [6.45, 7) is 1.36. The third-order valence-electron chi connectivity index (χ3n) is 4.92. The first kappa shape index (κ1) is 19.3. The Hall–Kier alpha value is -3.65. The molecule has 31 heavy (non-hydrogen) atoms. The predicted molar refractivity (Wildman–Crippen MR) is 118 cm³/mol. The molecule has 2 aromatic carbocycles. The molecule has 0 saturated carbocycles. The number of pyridine rings is 1. The molecule has 3 heterocycles. The number of fused-ring (bicyclic) bond motifs is 2. The fourth-order valence-electron chi connectivity index (χ4n) is 3.44. The van der Waals surface area contributed by atoms with E-state index in [1.165, 1.54) is 11.3 Å². The highest BCUT2D eigenvalue weighted by atomic mass is 32.1. The summed E-state index contributed by atoms with van der Waals surface area (Å²) in [7, 11) is 1.56. The van der Waals surface area contributed by atoms with E-state index >= 15 is 0 Å². The molecule has 0 unspecified atom stereocenters. The normalized spacial score (nSPS) is 12.5. The summed E-state index contributed by atoms with van der Waals surface area (Å²) in [6.07, 6.45) is 3.45. The van der Waals surface area contributed by atoms with Crippen molar-refractivity contribution < 1.29 is 19.0 Å². The van der Waals surface area contributed by atoms with Gasteiger partial charge in [-0.2, -0.15) is 0 Å². The number of hydrogen-bond donors (Lipinski definition) is 0. The Morgan fingerprint density at radius 1 is 1.13 bits per heavy atom. The first-order valence-corrected chi connectivity index (χ1v) is 10.6. The standard InChI is InChI=1S/C23H19N3O4S/c1-28-18-7-3-2-6-16(18)22(27)26(14-15-5-4-8-24-13-15)23-25-17-11-19-20(12-21(17)31-23)30-10-9-29-19/h2-8,11-13H,9-10,14H2,1H3. The molecule has 1 amide bonds. The van der Waals surface area contributed by atoms with Gasteiger partial charge in [0.2, 0.25) is 0 Å². The van der Waals surface area contributed by atoms with Crippen LogP contribution >= 0.6 is 11.3 Å². The number of para-hydroxylation sites is 1. The first-order valence-electron chi connectivity index (χ1n) is 9.77. The Bertz CT molecular complexity index is 1200. The van der Waals surface area contributed by atoms with Crippen molar-refractivity contribution in [3.05, 3.63) is 72.1 Å². The summed E-state index contributed by atoms with van der Waals surface area (Å²) in [4.78, 5) is 24.2. The van der Waals surface area contributed by atoms with Crippen LogP contribution in [0.1, 0.15) is 15.9 Å². The molecule has 2 aromatic heterocycles. The second kappa shape index (κ2) is 8.23. The number of carbonyl (C=O) groups is 1. The Kier molecular flexibility index (Phi) is 5.13. The van der Waals surface area contributed by atoms with Crippen LogP contribution in [-0.4, -0.2) is 36.2 Å². The molecule has 0 radical (unpaired) electrons. The highest BCUT2D eigenvalue weighted by Crippen LogP contribution is 2.39. The number of benzene rings is 2. The van der Waals surface area contributed by atoms with Gasteiger partial charge in [0.05, 0.1) is 29.4 Å². The average Bonchev–Trinajstić information content (AvgIpc) is 3.23. The Labute approximate surface area is 182 Å². The molecule has 0 N–H and O–H groups in total. The summed E-state index contributed by atoms with van der Waals surface area (Å²) in [6, 6.07) is 14.7. The topological polar surface area (TPSA) is 73.8 Å². The maximum Gasteiger partial charge on any atom is 0.264 e. The summed E-state index contributed by atoms with van der Waals surface area (Å²) in [5.41, 5.74) is 2.13. The minimum Gasteiger partial charge on any atom is -0.496 e. The van der Waals surface area contributed by atoms with E-state index in [0.29, 0.717) is 47.7 Å². The van der Waals surface area contributed by atoms with E-state index in [2.05, 4.69) is 4.98 Å². The summed E-state index contributed by atoms with van der Waals surface area (Å²) >= 11 is 1.43. The third-order valence-corrected chi connectivity index (χ3v) is 5.96. The minimum absolute atomic E-state index is 0.197. The Morgan fingerprint density at radius 3 is 2.71 bits per heavy atom. The van der Waals surface area contributed by atoms with E-state index in [4.69, 9.17) is 19.2 Å². The van der Waals surface area contributed by atoms with Gasteiger partial charge in [-0.15, -0.1) is 0 Å². The van der Waals surface area contributed by atoms with Gasteiger partial charge in [-0.05, 0) is 23.8 Å². The molecule has 7 nitrogen and oxygen atoms in total. The Morgan fingerprint density at radius 2 is 1.94 bits per heavy atom. The van der Waals surface area contributed by atoms with Crippen molar-refractivity contribution in [2.24, 2.45) is 0 Å². The number of rotatable bonds is 5. The number of ether oxygens (including phenoxy) is 3. The number of carbonyl (C=O) groups excluding carboxylic acids is 1. The SMILES string of the molecule is COc1ccccc1C(=O)N(Cc1cccnc1)c1nc2cc3c(cc2s1)OCCO3. The number of anilines is 1. The second-order valence-electron chi connectivity index (χ2n) is 6.91. The van der Waals surface area contributed by atoms with Crippen LogP contribution in [-0.2, 0) is 6.54 Å². The molecule has 0 saturated heterocycles. The van der Waals surface area contributed by atoms with E-state index in [1.54, 1.807) is 36.5 Å². The second-order valence-corrected chi connectivity index (χ2v) is 7.92. The van der Waals surface area contributed by atoms with Crippen LogP contribution in [0.2, 0.25) is 0 Å². The zero-order chi connectivity index (χ0) is 21.2. The number of nitrogens with zero attached hydrogens (tertiary/aromatic N) is 3. The summed E-state index contributed by atoms with van der Waals surface area (Å²) in [5, 5.41) is 0.581. The predicted octanol–water partition coefficient (Wildman–Crippen LogP) is 4.32. The van der Waals surface area contributed by atoms with Crippen molar-refractivity contribution in [3.8, 4) is 17.2 Å². The van der Waals surface area contributed by atoms with Crippen molar-refractivity contribution in [3.63, 3.8) is 0 Å². The van der Waals surface area contributed by atoms with E-state index in [1.807, 2.05) is 36.4 Å². The van der Waals surface area contributed by atoms with E-state index < -0.39 is 0 Å². The van der Waals surface area contributed by atoms with Crippen molar-refractivity contribution in [1.82, 2.24) is 9.97 Å². The molecular formula is C23H19N3O4S. The lowest BCUT2D eigenvalue weighted by atomic mass is 10.1. The van der Waals surface area contributed by atoms with E-state index in [-0.39, 0.29) is 5.91 Å². The van der Waals surface area contributed by atoms with E-state index in [0.717, 1.165) is 15.8 Å². The fraction of sp³-hybridized carbons (Fsp3) is 0.174. The lowest BCUT2D eigenvalue weighted by Gasteiger charge is -2.21. The third kappa shape index (κ3) is 3.77. The van der Waals surface area contributed by atoms with Gasteiger partial charge >= 0.3 is 0 Å². The van der Waals surface area contributed by atoms with Gasteiger partial charge in [-0.1, -0.05) is 29.5 Å². The fourth-order valence-corrected chi connectivity index (χ4v) is 4.41. The molecule has 8 heteroatoms. The molecular weight excluding hydrogens is 414 g/mol. The highest BCUT2D eigenvalue weighted by molar-refractivity contribution is 7.22. The van der Waals surface area contributed by atoms with Gasteiger partial charge in [0.1, 0.15) is 19.0 Å². The largest absolute Gasteiger partial charge is 0.496 e. The van der Waals surface area contributed by atoms with Crippen LogP contribution in [0.3, 0.4) is 0 Å². The zero-order valence-electron chi connectivity index (χ0n) is 16.8. The van der Waals surface area contributed by atoms with Crippen LogP contribution in [0.4, 0.5) is 5.13 Å². The molecule has 1 aliphatic rings. The van der Waals surface area contributed by atoms with Crippen molar-refractivity contribution >= 4 is 32.6 Å². The Balaban J connectivity index is 1.59. The molecule has 5 rings (SSSR count). The molecule has 4 aromatic rings. The van der Waals surface area contributed by atoms with Gasteiger partial charge in [0, 0.05) is 24.5 Å². The monoisotopic (exact) mass is 433 g/mol. The lowest BCUT2D eigenvalue weighted by Crippen LogP contribution is -2.30. The van der Waals surface area contributed by atoms with Crippen LogP contribution in [0, 0.1) is 0 Å². The van der Waals surface area contributed by atoms with Gasteiger partial charge in [0.15, 0.2) is 16.6 Å². The lowest BCUT2D eigenvalue weighted by molar-refractivity contribution is 0.0982. The van der Waals surface area contributed by atoms with Crippen LogP contribution in [0.5, 0.6) is 17.2 Å². The maximum atomic E-state index is 13.6. The highest BCUT2D eigenvalue weighted by Gasteiger charge is 2.25. The minimum atomic E-state index is -0.197. The van der Waals surface area contributed by atoms with E-state index in [9.17, 15) is 4.79 Å².